The highest BCUT2D eigenvalue weighted by Gasteiger charge is 2.14. The average molecular weight is 693 g/mol. The van der Waals surface area contributed by atoms with Crippen LogP contribution in [0.25, 0.3) is 11.6 Å². The molecule has 0 saturated heterocycles. The Morgan fingerprint density at radius 1 is 1.00 bits per heavy atom. The van der Waals surface area contributed by atoms with E-state index in [1.54, 1.807) is 6.08 Å². The molecule has 2 atom stereocenters. The molecule has 3 rings (SSSR count). The third kappa shape index (κ3) is 12.9. The van der Waals surface area contributed by atoms with Gasteiger partial charge >= 0.3 is 0 Å². The van der Waals surface area contributed by atoms with Gasteiger partial charge in [0.05, 0.1) is 0 Å². The number of allylic oxidation sites excluding steroid dienone is 5. The number of halogens is 1. The Balaban J connectivity index is 1.56. The van der Waals surface area contributed by atoms with Crippen molar-refractivity contribution in [2.45, 2.75) is 130 Å². The third-order valence-electron chi connectivity index (χ3n) is 10.1. The van der Waals surface area contributed by atoms with Gasteiger partial charge in [0, 0.05) is 28.7 Å². The zero-order valence-corrected chi connectivity index (χ0v) is 32.2. The number of aromatic amines is 1. The Kier molecular flexibility index (Phi) is 18.1. The van der Waals surface area contributed by atoms with Crippen LogP contribution in [0.2, 0.25) is 5.02 Å². The van der Waals surface area contributed by atoms with E-state index in [0.717, 1.165) is 66.4 Å². The topological polar surface area (TPSA) is 56.7 Å². The maximum Gasteiger partial charge on any atom is 0.155 e. The van der Waals surface area contributed by atoms with Crippen molar-refractivity contribution >= 4 is 34.7 Å². The summed E-state index contributed by atoms with van der Waals surface area (Å²) < 4.78 is 0. The lowest BCUT2D eigenvalue weighted by molar-refractivity contribution is -0.114. The molecule has 3 nitrogen and oxygen atoms in total. The second-order valence-corrected chi connectivity index (χ2v) is 14.3. The number of rotatable bonds is 22. The van der Waals surface area contributed by atoms with Gasteiger partial charge in [-0.05, 0) is 135 Å². The Morgan fingerprint density at radius 3 is 2.52 bits per heavy atom. The molecule has 2 aromatic carbocycles. The number of hydrogen-bond acceptors (Lipinski definition) is 2. The lowest BCUT2D eigenvalue weighted by atomic mass is 9.88. The van der Waals surface area contributed by atoms with Gasteiger partial charge in [0.25, 0.3) is 0 Å². The summed E-state index contributed by atoms with van der Waals surface area (Å²) in [7, 11) is 0. The number of nitrogens with one attached hydrogen (secondary N) is 2. The van der Waals surface area contributed by atoms with Gasteiger partial charge in [0.15, 0.2) is 5.78 Å². The van der Waals surface area contributed by atoms with Crippen LogP contribution in [0.5, 0.6) is 0 Å². The monoisotopic (exact) mass is 692 g/mol. The van der Waals surface area contributed by atoms with E-state index in [9.17, 15) is 4.79 Å². The molecule has 2 N–H and O–H groups in total. The molecule has 0 bridgehead atoms. The summed E-state index contributed by atoms with van der Waals surface area (Å²) in [4.78, 5) is 16.2. The fraction of sp³-hybridized carbons (Fsp3) is 0.435. The summed E-state index contributed by atoms with van der Waals surface area (Å²) in [6.07, 6.45) is 24.5. The molecule has 268 valence electrons. The Morgan fingerprint density at radius 2 is 1.78 bits per heavy atom. The van der Waals surface area contributed by atoms with Crippen LogP contribution in [-0.2, 0) is 11.2 Å². The average Bonchev–Trinajstić information content (AvgIpc) is 3.59. The number of hydrogen-bond donors (Lipinski definition) is 2. The number of carbonyl (C=O) groups excluding carboxylic acids is 1. The first kappa shape index (κ1) is 40.7. The molecule has 2 unspecified atom stereocenters. The van der Waals surface area contributed by atoms with Gasteiger partial charge in [0.2, 0.25) is 0 Å². The highest BCUT2D eigenvalue weighted by molar-refractivity contribution is 6.31. The smallest absolute Gasteiger partial charge is 0.155 e. The summed E-state index contributed by atoms with van der Waals surface area (Å²) in [6.45, 7) is 15.0. The maximum absolute atomic E-state index is 12.8. The molecule has 50 heavy (non-hydrogen) atoms. The van der Waals surface area contributed by atoms with Crippen LogP contribution in [0, 0.1) is 5.41 Å². The van der Waals surface area contributed by atoms with Crippen molar-refractivity contribution in [2.24, 2.45) is 0 Å². The van der Waals surface area contributed by atoms with E-state index in [0.29, 0.717) is 36.8 Å². The van der Waals surface area contributed by atoms with Gasteiger partial charge in [-0.3, -0.25) is 4.79 Å². The van der Waals surface area contributed by atoms with Gasteiger partial charge < -0.3 is 10.4 Å². The lowest BCUT2D eigenvalue weighted by Gasteiger charge is -2.17. The van der Waals surface area contributed by atoms with Gasteiger partial charge in [-0.25, -0.2) is 0 Å². The summed E-state index contributed by atoms with van der Waals surface area (Å²) in [6, 6.07) is 16.8. The van der Waals surface area contributed by atoms with Crippen molar-refractivity contribution in [1.29, 1.82) is 5.41 Å². The fourth-order valence-corrected chi connectivity index (χ4v) is 7.17. The molecule has 0 aliphatic carbocycles. The Hall–Kier alpha value is -3.69. The molecular formula is C46H61ClN2O. The first-order chi connectivity index (χ1) is 24.2. The molecular weight excluding hydrogens is 632 g/mol. The minimum Gasteiger partial charge on any atom is -0.361 e. The van der Waals surface area contributed by atoms with Crippen LogP contribution in [0.15, 0.2) is 91.2 Å². The van der Waals surface area contributed by atoms with Gasteiger partial charge in [-0.15, -0.1) is 0 Å². The second-order valence-electron chi connectivity index (χ2n) is 13.9. The molecule has 4 heteroatoms. The van der Waals surface area contributed by atoms with Crippen molar-refractivity contribution in [3.8, 4) is 0 Å². The first-order valence-corrected chi connectivity index (χ1v) is 19.3. The number of H-pyrrole nitrogens is 1. The maximum atomic E-state index is 12.8. The quantitative estimate of drug-likeness (QED) is 0.0468. The summed E-state index contributed by atoms with van der Waals surface area (Å²) in [5.74, 6) is 0.947. The summed E-state index contributed by atoms with van der Waals surface area (Å²) >= 11 is 6.61. The molecule has 0 spiro atoms. The van der Waals surface area contributed by atoms with Gasteiger partial charge in [0.1, 0.15) is 0 Å². The minimum atomic E-state index is 0.0527. The predicted molar refractivity (Wildman–Crippen MR) is 218 cm³/mol. The number of carbonyl (C=O) groups is 1. The normalized spacial score (nSPS) is 14.2. The van der Waals surface area contributed by atoms with Crippen LogP contribution >= 0.6 is 11.6 Å². The number of ketones is 1. The third-order valence-corrected chi connectivity index (χ3v) is 10.4. The van der Waals surface area contributed by atoms with Crippen LogP contribution in [0.1, 0.15) is 146 Å². The molecule has 0 aliphatic rings. The Bertz CT molecular complexity index is 1720. The van der Waals surface area contributed by atoms with Crippen molar-refractivity contribution in [2.75, 3.05) is 0 Å². The number of unbranched alkanes of at least 4 members (excludes halogenated alkanes) is 3. The molecule has 3 aromatic rings. The SMILES string of the molecule is C=CC=c1[nH]ccc1=C(CCCCC(CC)c1cccc(C(=N)CCC(=O)/C=C/Cc2c(Cl)cccc2C(C)CCCCC)c1)CC(C)=CC. The van der Waals surface area contributed by atoms with E-state index in [4.69, 9.17) is 17.0 Å². The van der Waals surface area contributed by atoms with Gasteiger partial charge in [-0.1, -0.05) is 124 Å². The first-order valence-electron chi connectivity index (χ1n) is 19.0. The highest BCUT2D eigenvalue weighted by Crippen LogP contribution is 2.31. The number of aromatic nitrogens is 1. The van der Waals surface area contributed by atoms with E-state index >= 15 is 0 Å². The van der Waals surface area contributed by atoms with E-state index in [1.165, 1.54) is 46.8 Å². The fourth-order valence-electron chi connectivity index (χ4n) is 6.91. The standard InChI is InChI=1S/C46H61ClN2O/c1-7-11-12-19-35(6)41-25-17-27-44(47)43(41)26-16-24-40(50)28-29-45(48)39-23-15-22-37(33-39)36(10-4)20-13-14-21-38(32-34(5)9-3)42-30-31-49-46(42)18-8-2/h8-9,15-18,22-25,27,30-31,33,35-36,48-49H,2,7,10-14,19-21,26,28-29,32H2,1,3-6H3/b24-16+,34-9?,42-38?,46-18?,48-45?. The minimum absolute atomic E-state index is 0.0527. The van der Waals surface area contributed by atoms with Crippen LogP contribution in [0.4, 0.5) is 0 Å². The largest absolute Gasteiger partial charge is 0.361 e. The molecule has 1 aromatic heterocycles. The molecule has 1 heterocycles. The van der Waals surface area contributed by atoms with Crippen molar-refractivity contribution in [3.05, 3.63) is 129 Å². The molecule has 0 fully saturated rings. The second kappa shape index (κ2) is 22.2. The van der Waals surface area contributed by atoms with E-state index in [2.05, 4.69) is 88.7 Å². The van der Waals surface area contributed by atoms with Gasteiger partial charge in [-0.2, -0.15) is 0 Å². The van der Waals surface area contributed by atoms with Crippen molar-refractivity contribution < 1.29 is 4.79 Å². The van der Waals surface area contributed by atoms with Crippen molar-refractivity contribution in [3.63, 3.8) is 0 Å². The van der Waals surface area contributed by atoms with E-state index in [1.807, 2.05) is 36.5 Å². The summed E-state index contributed by atoms with van der Waals surface area (Å²) in [5, 5.41) is 12.0. The summed E-state index contributed by atoms with van der Waals surface area (Å²) in [5.41, 5.74) is 8.02. The van der Waals surface area contributed by atoms with E-state index < -0.39 is 0 Å². The zero-order valence-electron chi connectivity index (χ0n) is 31.4. The molecule has 0 aliphatic heterocycles. The van der Waals surface area contributed by atoms with Crippen molar-refractivity contribution in [1.82, 2.24) is 4.98 Å². The van der Waals surface area contributed by atoms with E-state index in [-0.39, 0.29) is 5.78 Å². The molecule has 0 radical (unpaired) electrons. The molecule has 0 amide bonds. The van der Waals surface area contributed by atoms with Crippen LogP contribution in [0.3, 0.4) is 0 Å². The molecule has 0 saturated carbocycles. The Labute approximate surface area is 307 Å². The predicted octanol–water partition coefficient (Wildman–Crippen LogP) is 12.1. The number of benzene rings is 2. The zero-order chi connectivity index (χ0) is 36.3. The lowest BCUT2D eigenvalue weighted by Crippen LogP contribution is -2.25. The van der Waals surface area contributed by atoms with Crippen LogP contribution in [-0.4, -0.2) is 16.5 Å². The highest BCUT2D eigenvalue weighted by atomic mass is 35.5. The van der Waals surface area contributed by atoms with Crippen LogP contribution < -0.4 is 10.6 Å².